The number of nitrogens with two attached hydrogens (primary N) is 1. The van der Waals surface area contributed by atoms with E-state index in [1.165, 1.54) is 0 Å². The average molecular weight is 265 g/mol. The molecule has 1 aliphatic heterocycles. The van der Waals surface area contributed by atoms with Crippen LogP contribution in [0.15, 0.2) is 24.3 Å². The largest absolute Gasteiger partial charge is 0.492 e. The molecule has 0 aromatic heterocycles. The van der Waals surface area contributed by atoms with Crippen molar-refractivity contribution in [1.29, 1.82) is 0 Å². The highest BCUT2D eigenvalue weighted by Crippen LogP contribution is 2.14. The summed E-state index contributed by atoms with van der Waals surface area (Å²) in [6.07, 6.45) is 0. The van der Waals surface area contributed by atoms with E-state index < -0.39 is 0 Å². The number of aliphatic hydroxyl groups is 1. The first-order chi connectivity index (χ1) is 9.28. The zero-order valence-electron chi connectivity index (χ0n) is 11.3. The number of hydrogen-bond acceptors (Lipinski definition) is 5. The Morgan fingerprint density at radius 2 is 1.79 bits per heavy atom. The van der Waals surface area contributed by atoms with E-state index in [0.717, 1.165) is 50.7 Å². The molecule has 0 radical (unpaired) electrons. The van der Waals surface area contributed by atoms with Crippen LogP contribution in [0.2, 0.25) is 0 Å². The second-order valence-corrected chi connectivity index (χ2v) is 4.83. The highest BCUT2D eigenvalue weighted by atomic mass is 16.5. The van der Waals surface area contributed by atoms with Gasteiger partial charge in [0.05, 0.1) is 6.61 Å². The number of aliphatic hydroxyl groups excluding tert-OH is 1. The minimum Gasteiger partial charge on any atom is -0.492 e. The van der Waals surface area contributed by atoms with Crippen molar-refractivity contribution in [3.05, 3.63) is 24.3 Å². The van der Waals surface area contributed by atoms with Crippen LogP contribution in [0, 0.1) is 0 Å². The van der Waals surface area contributed by atoms with Crippen LogP contribution in [0.5, 0.6) is 5.75 Å². The van der Waals surface area contributed by atoms with Crippen LogP contribution in [0.25, 0.3) is 0 Å². The molecule has 1 aromatic rings. The molecule has 3 N–H and O–H groups in total. The van der Waals surface area contributed by atoms with Crippen molar-refractivity contribution in [2.75, 3.05) is 58.2 Å². The van der Waals surface area contributed by atoms with Crippen molar-refractivity contribution in [2.24, 2.45) is 0 Å². The van der Waals surface area contributed by atoms with Crippen LogP contribution in [0.3, 0.4) is 0 Å². The zero-order chi connectivity index (χ0) is 13.5. The van der Waals surface area contributed by atoms with Gasteiger partial charge in [-0.15, -0.1) is 0 Å². The van der Waals surface area contributed by atoms with Gasteiger partial charge in [0.25, 0.3) is 0 Å². The van der Waals surface area contributed by atoms with E-state index >= 15 is 0 Å². The van der Waals surface area contributed by atoms with Gasteiger partial charge in [0, 0.05) is 51.0 Å². The van der Waals surface area contributed by atoms with Crippen molar-refractivity contribution >= 4 is 5.69 Å². The van der Waals surface area contributed by atoms with E-state index in [9.17, 15) is 0 Å². The molecular weight excluding hydrogens is 242 g/mol. The van der Waals surface area contributed by atoms with Gasteiger partial charge in [0.2, 0.25) is 0 Å². The van der Waals surface area contributed by atoms with Crippen LogP contribution >= 0.6 is 0 Å². The summed E-state index contributed by atoms with van der Waals surface area (Å²) in [6, 6.07) is 7.53. The Balaban J connectivity index is 1.64. The lowest BCUT2D eigenvalue weighted by atomic mass is 10.3. The van der Waals surface area contributed by atoms with E-state index in [0.29, 0.717) is 6.61 Å². The Bertz CT molecular complexity index is 379. The molecule has 5 heteroatoms. The van der Waals surface area contributed by atoms with E-state index in [1.807, 2.05) is 24.3 Å². The molecular formula is C14H23N3O2. The smallest absolute Gasteiger partial charge is 0.121 e. The lowest BCUT2D eigenvalue weighted by Gasteiger charge is -2.34. The van der Waals surface area contributed by atoms with Crippen molar-refractivity contribution in [2.45, 2.75) is 0 Å². The molecule has 1 aromatic carbocycles. The number of benzene rings is 1. The number of piperazine rings is 1. The fourth-order valence-corrected chi connectivity index (χ4v) is 2.27. The van der Waals surface area contributed by atoms with Gasteiger partial charge in [-0.25, -0.2) is 0 Å². The molecule has 19 heavy (non-hydrogen) atoms. The summed E-state index contributed by atoms with van der Waals surface area (Å²) in [7, 11) is 0. The number of hydrogen-bond donors (Lipinski definition) is 2. The molecule has 106 valence electrons. The molecule has 0 aliphatic carbocycles. The summed E-state index contributed by atoms with van der Waals surface area (Å²) in [5.41, 5.74) is 6.43. The first-order valence-corrected chi connectivity index (χ1v) is 6.82. The Kier molecular flexibility index (Phi) is 5.44. The molecule has 0 bridgehead atoms. The topological polar surface area (TPSA) is 62.0 Å². The maximum atomic E-state index is 8.89. The lowest BCUT2D eigenvalue weighted by Crippen LogP contribution is -2.48. The van der Waals surface area contributed by atoms with Crippen LogP contribution in [-0.4, -0.2) is 67.4 Å². The van der Waals surface area contributed by atoms with Gasteiger partial charge in [-0.3, -0.25) is 9.80 Å². The number of anilines is 1. The maximum Gasteiger partial charge on any atom is 0.121 e. The molecule has 0 unspecified atom stereocenters. The van der Waals surface area contributed by atoms with E-state index in [-0.39, 0.29) is 6.61 Å². The Morgan fingerprint density at radius 3 is 2.42 bits per heavy atom. The number of ether oxygens (including phenoxy) is 1. The zero-order valence-corrected chi connectivity index (χ0v) is 11.3. The third kappa shape index (κ3) is 4.70. The van der Waals surface area contributed by atoms with Gasteiger partial charge >= 0.3 is 0 Å². The van der Waals surface area contributed by atoms with Crippen molar-refractivity contribution in [1.82, 2.24) is 9.80 Å². The summed E-state index contributed by atoms with van der Waals surface area (Å²) in [4.78, 5) is 4.68. The van der Waals surface area contributed by atoms with Crippen molar-refractivity contribution in [3.8, 4) is 5.75 Å². The second kappa shape index (κ2) is 7.33. The third-order valence-electron chi connectivity index (χ3n) is 3.42. The summed E-state index contributed by atoms with van der Waals surface area (Å²) in [5, 5.41) is 8.89. The second-order valence-electron chi connectivity index (χ2n) is 4.83. The molecule has 1 saturated heterocycles. The Labute approximate surface area is 114 Å². The van der Waals surface area contributed by atoms with Crippen LogP contribution in [-0.2, 0) is 0 Å². The summed E-state index contributed by atoms with van der Waals surface area (Å²) >= 11 is 0. The Morgan fingerprint density at radius 1 is 1.11 bits per heavy atom. The van der Waals surface area contributed by atoms with Gasteiger partial charge in [0.1, 0.15) is 12.4 Å². The summed E-state index contributed by atoms with van der Waals surface area (Å²) in [6.45, 7) is 6.79. The maximum absolute atomic E-state index is 8.89. The Hall–Kier alpha value is -1.30. The predicted molar refractivity (Wildman–Crippen MR) is 76.3 cm³/mol. The average Bonchev–Trinajstić information content (AvgIpc) is 2.41. The third-order valence-corrected chi connectivity index (χ3v) is 3.42. The lowest BCUT2D eigenvalue weighted by molar-refractivity contribution is 0.102. The van der Waals surface area contributed by atoms with Gasteiger partial charge < -0.3 is 15.6 Å². The van der Waals surface area contributed by atoms with Gasteiger partial charge in [-0.05, 0) is 12.1 Å². The molecule has 0 spiro atoms. The van der Waals surface area contributed by atoms with Crippen LogP contribution < -0.4 is 10.5 Å². The SMILES string of the molecule is Nc1cccc(OCCN2CCN(CCO)CC2)c1. The van der Waals surface area contributed by atoms with E-state index in [4.69, 9.17) is 15.6 Å². The minimum absolute atomic E-state index is 0.249. The number of nitrogen functional groups attached to an aromatic ring is 1. The van der Waals surface area contributed by atoms with Crippen molar-refractivity contribution < 1.29 is 9.84 Å². The number of nitrogens with zero attached hydrogens (tertiary/aromatic N) is 2. The molecule has 1 aliphatic rings. The highest BCUT2D eigenvalue weighted by Gasteiger charge is 2.15. The predicted octanol–water partition coefficient (Wildman–Crippen LogP) is 0.257. The standard InChI is InChI=1S/C14H23N3O2/c15-13-2-1-3-14(12-13)19-11-9-17-6-4-16(5-7-17)8-10-18/h1-3,12,18H,4-11,15H2. The normalized spacial score (nSPS) is 17.5. The van der Waals surface area contributed by atoms with Gasteiger partial charge in [-0.1, -0.05) is 6.07 Å². The molecule has 5 nitrogen and oxygen atoms in total. The highest BCUT2D eigenvalue weighted by molar-refractivity contribution is 5.43. The fourth-order valence-electron chi connectivity index (χ4n) is 2.27. The van der Waals surface area contributed by atoms with Gasteiger partial charge in [0.15, 0.2) is 0 Å². The number of rotatable bonds is 6. The number of β-amino-alcohol motifs (C(OH)–C–C–N with tert-alkyl or cyclic N) is 1. The molecule has 0 atom stereocenters. The van der Waals surface area contributed by atoms with Crippen molar-refractivity contribution in [3.63, 3.8) is 0 Å². The monoisotopic (exact) mass is 265 g/mol. The summed E-state index contributed by atoms with van der Waals surface area (Å²) < 4.78 is 5.69. The first-order valence-electron chi connectivity index (χ1n) is 6.82. The van der Waals surface area contributed by atoms with E-state index in [1.54, 1.807) is 0 Å². The fraction of sp³-hybridized carbons (Fsp3) is 0.571. The summed E-state index contributed by atoms with van der Waals surface area (Å²) in [5.74, 6) is 0.832. The minimum atomic E-state index is 0.249. The van der Waals surface area contributed by atoms with Crippen LogP contribution in [0.1, 0.15) is 0 Å². The van der Waals surface area contributed by atoms with Gasteiger partial charge in [-0.2, -0.15) is 0 Å². The van der Waals surface area contributed by atoms with Crippen LogP contribution in [0.4, 0.5) is 5.69 Å². The molecule has 0 amide bonds. The molecule has 0 saturated carbocycles. The molecule has 1 fully saturated rings. The molecule has 2 rings (SSSR count). The first kappa shape index (κ1) is 14.1. The van der Waals surface area contributed by atoms with E-state index in [2.05, 4.69) is 9.80 Å². The quantitative estimate of drug-likeness (QED) is 0.722. The molecule has 1 heterocycles.